The van der Waals surface area contributed by atoms with Crippen LogP contribution in [0.4, 0.5) is 0 Å². The van der Waals surface area contributed by atoms with Crippen molar-refractivity contribution >= 4 is 36.7 Å². The van der Waals surface area contributed by atoms with E-state index in [1.807, 2.05) is 0 Å². The number of para-hydroxylation sites is 1. The second kappa shape index (κ2) is 9.05. The van der Waals surface area contributed by atoms with Gasteiger partial charge in [-0.3, -0.25) is 4.79 Å². The van der Waals surface area contributed by atoms with Gasteiger partial charge in [-0.2, -0.15) is 0 Å². The molecule has 0 amide bonds. The van der Waals surface area contributed by atoms with E-state index in [0.29, 0.717) is 11.3 Å². The fourth-order valence-corrected chi connectivity index (χ4v) is 7.06. The van der Waals surface area contributed by atoms with E-state index in [9.17, 15) is 21.6 Å². The molecule has 0 bridgehead atoms. The lowest BCUT2D eigenvalue weighted by molar-refractivity contribution is 0.101. The summed E-state index contributed by atoms with van der Waals surface area (Å²) in [6.45, 7) is 1.10. The minimum atomic E-state index is -4.45. The van der Waals surface area contributed by atoms with Crippen molar-refractivity contribution in [2.75, 3.05) is 7.11 Å². The van der Waals surface area contributed by atoms with Crippen molar-refractivity contribution in [3.63, 3.8) is 0 Å². The lowest BCUT2D eigenvalue weighted by Crippen LogP contribution is -2.29. The minimum absolute atomic E-state index is 0.0985. The normalized spacial score (nSPS) is 12.1. The van der Waals surface area contributed by atoms with Crippen molar-refractivity contribution in [3.8, 4) is 5.75 Å². The molecule has 0 spiro atoms. The molecule has 0 radical (unpaired) electrons. The zero-order valence-electron chi connectivity index (χ0n) is 18.4. The molecule has 0 saturated heterocycles. The number of nitrogens with one attached hydrogen (secondary N) is 1. The van der Waals surface area contributed by atoms with Crippen molar-refractivity contribution in [2.24, 2.45) is 0 Å². The predicted octanol–water partition coefficient (Wildman–Crippen LogP) is 3.57. The van der Waals surface area contributed by atoms with Crippen LogP contribution in [0.3, 0.4) is 0 Å². The number of aromatic nitrogens is 1. The molecule has 8 nitrogen and oxygen atoms in total. The molecule has 4 rings (SSSR count). The summed E-state index contributed by atoms with van der Waals surface area (Å²) >= 11 is 0. The molecular formula is C24H22N2O6S2. The number of carbonyl (C=O) groups is 1. The SMILES string of the molecule is COc1ccc(CNS(=O)(=O)c2c(C(C)=O)c3ccccc3n2S(=O)(=O)c2ccccc2)cc1. The van der Waals surface area contributed by atoms with E-state index in [2.05, 4.69) is 4.72 Å². The summed E-state index contributed by atoms with van der Waals surface area (Å²) in [5.41, 5.74) is 0.543. The Bertz CT molecular complexity index is 1570. The highest BCUT2D eigenvalue weighted by molar-refractivity contribution is 7.92. The highest BCUT2D eigenvalue weighted by Crippen LogP contribution is 2.33. The number of benzene rings is 3. The Labute approximate surface area is 197 Å². The number of nitrogens with zero attached hydrogens (tertiary/aromatic N) is 1. The largest absolute Gasteiger partial charge is 0.497 e. The molecule has 0 fully saturated rings. The van der Waals surface area contributed by atoms with Crippen molar-refractivity contribution in [2.45, 2.75) is 23.4 Å². The Morgan fingerprint density at radius 1 is 0.882 bits per heavy atom. The first-order valence-electron chi connectivity index (χ1n) is 10.2. The summed E-state index contributed by atoms with van der Waals surface area (Å²) in [5, 5.41) is -0.377. The van der Waals surface area contributed by atoms with Gasteiger partial charge in [-0.1, -0.05) is 48.5 Å². The molecule has 0 atom stereocenters. The summed E-state index contributed by atoms with van der Waals surface area (Å²) in [5.74, 6) is 0.0441. The van der Waals surface area contributed by atoms with Crippen LogP contribution >= 0.6 is 0 Å². The zero-order chi connectivity index (χ0) is 24.5. The van der Waals surface area contributed by atoms with Gasteiger partial charge in [0.25, 0.3) is 20.0 Å². The summed E-state index contributed by atoms with van der Waals surface area (Å²) < 4.78 is 62.7. The van der Waals surface area contributed by atoms with Crippen molar-refractivity contribution in [3.05, 3.63) is 90.0 Å². The van der Waals surface area contributed by atoms with Crippen molar-refractivity contribution in [1.82, 2.24) is 8.69 Å². The van der Waals surface area contributed by atoms with E-state index in [4.69, 9.17) is 4.74 Å². The topological polar surface area (TPSA) is 112 Å². The van der Waals surface area contributed by atoms with Gasteiger partial charge in [-0.05, 0) is 42.8 Å². The minimum Gasteiger partial charge on any atom is -0.497 e. The van der Waals surface area contributed by atoms with Gasteiger partial charge in [0.05, 0.1) is 23.1 Å². The van der Waals surface area contributed by atoms with Gasteiger partial charge in [-0.25, -0.2) is 25.5 Å². The number of hydrogen-bond donors (Lipinski definition) is 1. The average molecular weight is 499 g/mol. The highest BCUT2D eigenvalue weighted by atomic mass is 32.2. The van der Waals surface area contributed by atoms with E-state index < -0.39 is 30.9 Å². The van der Waals surface area contributed by atoms with Gasteiger partial charge in [0.15, 0.2) is 10.8 Å². The van der Waals surface area contributed by atoms with Gasteiger partial charge >= 0.3 is 0 Å². The number of methoxy groups -OCH3 is 1. The molecule has 10 heteroatoms. The first-order valence-corrected chi connectivity index (χ1v) is 13.2. The maximum absolute atomic E-state index is 13.6. The molecule has 1 heterocycles. The third-order valence-corrected chi connectivity index (χ3v) is 8.57. The summed E-state index contributed by atoms with van der Waals surface area (Å²) in [6, 6.07) is 20.4. The van der Waals surface area contributed by atoms with Gasteiger partial charge in [0.1, 0.15) is 5.75 Å². The third-order valence-electron chi connectivity index (χ3n) is 5.30. The Balaban J connectivity index is 1.92. The lowest BCUT2D eigenvalue weighted by Gasteiger charge is -2.14. The monoisotopic (exact) mass is 498 g/mol. The van der Waals surface area contributed by atoms with Crippen LogP contribution < -0.4 is 9.46 Å². The van der Waals surface area contributed by atoms with Crippen LogP contribution in [0.5, 0.6) is 5.75 Å². The van der Waals surface area contributed by atoms with Crippen LogP contribution in [0, 0.1) is 0 Å². The van der Waals surface area contributed by atoms with Crippen LogP contribution in [0.1, 0.15) is 22.8 Å². The van der Waals surface area contributed by atoms with Crippen LogP contribution in [0.15, 0.2) is 88.8 Å². The number of Topliss-reactive ketones (excluding diaryl/α,β-unsaturated/α-hetero) is 1. The molecule has 4 aromatic rings. The number of hydrogen-bond acceptors (Lipinski definition) is 6. The molecule has 176 valence electrons. The highest BCUT2D eigenvalue weighted by Gasteiger charge is 2.35. The fourth-order valence-electron chi connectivity index (χ4n) is 3.70. The fraction of sp³-hybridized carbons (Fsp3) is 0.125. The van der Waals surface area contributed by atoms with Crippen molar-refractivity contribution < 1.29 is 26.4 Å². The molecule has 0 aliphatic rings. The molecular weight excluding hydrogens is 476 g/mol. The maximum atomic E-state index is 13.6. The number of sulfonamides is 1. The van der Waals surface area contributed by atoms with Crippen LogP contribution in [-0.4, -0.2) is 33.7 Å². The molecule has 0 aliphatic carbocycles. The Morgan fingerprint density at radius 3 is 2.12 bits per heavy atom. The van der Waals surface area contributed by atoms with Crippen LogP contribution in [0.2, 0.25) is 0 Å². The quantitative estimate of drug-likeness (QED) is 0.372. The van der Waals surface area contributed by atoms with E-state index in [1.165, 1.54) is 38.3 Å². The van der Waals surface area contributed by atoms with Gasteiger partial charge in [-0.15, -0.1) is 0 Å². The van der Waals surface area contributed by atoms with Gasteiger partial charge in [0.2, 0.25) is 0 Å². The maximum Gasteiger partial charge on any atom is 0.269 e. The first-order chi connectivity index (χ1) is 16.2. The van der Waals surface area contributed by atoms with E-state index in [0.717, 1.165) is 3.97 Å². The van der Waals surface area contributed by atoms with Crippen LogP contribution in [0.25, 0.3) is 10.9 Å². The van der Waals surface area contributed by atoms with Crippen molar-refractivity contribution in [1.29, 1.82) is 0 Å². The molecule has 1 aromatic heterocycles. The average Bonchev–Trinajstić information content (AvgIpc) is 3.21. The molecule has 0 saturated carbocycles. The van der Waals surface area contributed by atoms with E-state index in [-0.39, 0.29) is 27.9 Å². The Morgan fingerprint density at radius 2 is 1.50 bits per heavy atom. The second-order valence-electron chi connectivity index (χ2n) is 7.51. The predicted molar refractivity (Wildman–Crippen MR) is 128 cm³/mol. The Hall–Kier alpha value is -3.47. The number of rotatable bonds is 8. The summed E-state index contributed by atoms with van der Waals surface area (Å²) in [7, 11) is -7.29. The van der Waals surface area contributed by atoms with E-state index >= 15 is 0 Å². The molecule has 34 heavy (non-hydrogen) atoms. The number of fused-ring (bicyclic) bond motifs is 1. The molecule has 3 aromatic carbocycles. The van der Waals surface area contributed by atoms with Gasteiger partial charge < -0.3 is 4.74 Å². The zero-order valence-corrected chi connectivity index (χ0v) is 20.1. The lowest BCUT2D eigenvalue weighted by atomic mass is 10.1. The first kappa shape index (κ1) is 23.7. The number of ether oxygens (including phenoxy) is 1. The smallest absolute Gasteiger partial charge is 0.269 e. The molecule has 1 N–H and O–H groups in total. The van der Waals surface area contributed by atoms with Crippen LogP contribution in [-0.2, 0) is 26.6 Å². The number of ketones is 1. The van der Waals surface area contributed by atoms with Gasteiger partial charge in [0, 0.05) is 11.9 Å². The third kappa shape index (κ3) is 4.23. The summed E-state index contributed by atoms with van der Waals surface area (Å²) in [4.78, 5) is 12.5. The number of carbonyl (C=O) groups excluding carboxylic acids is 1. The molecule has 0 unspecified atom stereocenters. The standard InChI is InChI=1S/C24H22N2O6S2/c1-17(27)23-21-10-6-7-11-22(21)26(34(30,31)20-8-4-3-5-9-20)24(23)33(28,29)25-16-18-12-14-19(32-2)15-13-18/h3-15,25H,16H2,1-2H3. The second-order valence-corrected chi connectivity index (χ2v) is 11.0. The molecule has 0 aliphatic heterocycles. The van der Waals surface area contributed by atoms with E-state index in [1.54, 1.807) is 54.6 Å². The Kier molecular flexibility index (Phi) is 6.30. The summed E-state index contributed by atoms with van der Waals surface area (Å²) in [6.07, 6.45) is 0.